The normalized spacial score (nSPS) is 11.1. The number of hydrogen-bond acceptors (Lipinski definition) is 3. The molecule has 2 aromatic heterocycles. The first-order chi connectivity index (χ1) is 15.1. The van der Waals surface area contributed by atoms with E-state index < -0.39 is 0 Å². The second-order valence-corrected chi connectivity index (χ2v) is 7.21. The monoisotopic (exact) mass is 412 g/mol. The van der Waals surface area contributed by atoms with Crippen LogP contribution in [-0.4, -0.2) is 20.9 Å². The molecule has 2 heterocycles. The van der Waals surface area contributed by atoms with Gasteiger partial charge in [0.25, 0.3) is 11.5 Å². The average Bonchev–Trinajstić information content (AvgIpc) is 3.17. The van der Waals surface area contributed by atoms with E-state index in [0.29, 0.717) is 39.8 Å². The number of halogens is 1. The van der Waals surface area contributed by atoms with Gasteiger partial charge in [-0.1, -0.05) is 36.4 Å². The highest BCUT2D eigenvalue weighted by molar-refractivity contribution is 6.12. The number of rotatable bonds is 4. The number of carbonyl (C=O) groups excluding carboxylic acids is 1. The van der Waals surface area contributed by atoms with E-state index in [1.54, 1.807) is 60.7 Å². The number of hydrogen-bond donors (Lipinski definition) is 3. The smallest absolute Gasteiger partial charge is 0.257 e. The molecule has 0 bridgehead atoms. The molecule has 5 rings (SSSR count). The third-order valence-electron chi connectivity index (χ3n) is 5.16. The standard InChI is InChI=1S/C24H17FN4O2/c25-19-8-4-1-5-14(19)11-22-28-20-10-9-15(12-21(20)29-22)27-24(31)18-13-26-23(30)17-7-3-2-6-16(17)18/h1-10,12-13H,11H2,(H,26,30)(H,27,31)(H,28,29). The van der Waals surface area contributed by atoms with Crippen molar-refractivity contribution in [1.29, 1.82) is 0 Å². The molecule has 1 amide bonds. The molecule has 0 unspecified atom stereocenters. The van der Waals surface area contributed by atoms with Crippen molar-refractivity contribution >= 4 is 33.4 Å². The summed E-state index contributed by atoms with van der Waals surface area (Å²) >= 11 is 0. The van der Waals surface area contributed by atoms with E-state index in [0.717, 1.165) is 11.0 Å². The molecule has 7 heteroatoms. The summed E-state index contributed by atoms with van der Waals surface area (Å²) in [7, 11) is 0. The number of aromatic amines is 2. The molecular formula is C24H17FN4O2. The zero-order valence-corrected chi connectivity index (χ0v) is 16.3. The molecule has 6 nitrogen and oxygen atoms in total. The molecule has 0 saturated heterocycles. The van der Waals surface area contributed by atoms with Gasteiger partial charge < -0.3 is 15.3 Å². The van der Waals surface area contributed by atoms with E-state index in [1.165, 1.54) is 12.3 Å². The zero-order valence-electron chi connectivity index (χ0n) is 16.3. The number of anilines is 1. The Morgan fingerprint density at radius 2 is 1.77 bits per heavy atom. The van der Waals surface area contributed by atoms with Gasteiger partial charge in [0.05, 0.1) is 16.6 Å². The van der Waals surface area contributed by atoms with Crippen LogP contribution in [0, 0.1) is 5.82 Å². The predicted octanol–water partition coefficient (Wildman–Crippen LogP) is 4.39. The quantitative estimate of drug-likeness (QED) is 0.409. The van der Waals surface area contributed by atoms with Gasteiger partial charge in [-0.2, -0.15) is 0 Å². The molecule has 31 heavy (non-hydrogen) atoms. The Kier molecular flexibility index (Phi) is 4.55. The molecule has 0 spiro atoms. The fourth-order valence-corrected chi connectivity index (χ4v) is 3.64. The van der Waals surface area contributed by atoms with E-state index >= 15 is 0 Å². The summed E-state index contributed by atoms with van der Waals surface area (Å²) in [5.41, 5.74) is 2.72. The minimum atomic E-state index is -0.335. The lowest BCUT2D eigenvalue weighted by atomic mass is 10.1. The van der Waals surface area contributed by atoms with Crippen LogP contribution in [0.5, 0.6) is 0 Å². The van der Waals surface area contributed by atoms with E-state index in [-0.39, 0.29) is 17.3 Å². The number of fused-ring (bicyclic) bond motifs is 2. The number of imidazole rings is 1. The van der Waals surface area contributed by atoms with Crippen LogP contribution in [0.25, 0.3) is 21.8 Å². The third kappa shape index (κ3) is 3.57. The maximum Gasteiger partial charge on any atom is 0.257 e. The zero-order chi connectivity index (χ0) is 21.4. The van der Waals surface area contributed by atoms with Gasteiger partial charge in [-0.05, 0) is 35.9 Å². The average molecular weight is 412 g/mol. The van der Waals surface area contributed by atoms with Gasteiger partial charge in [-0.15, -0.1) is 0 Å². The topological polar surface area (TPSA) is 90.6 Å². The van der Waals surface area contributed by atoms with E-state index in [9.17, 15) is 14.0 Å². The lowest BCUT2D eigenvalue weighted by Crippen LogP contribution is -2.16. The van der Waals surface area contributed by atoms with Crippen LogP contribution in [0.4, 0.5) is 10.1 Å². The molecule has 0 aliphatic rings. The minimum absolute atomic E-state index is 0.242. The van der Waals surface area contributed by atoms with Crippen LogP contribution >= 0.6 is 0 Å². The summed E-state index contributed by atoms with van der Waals surface area (Å²) < 4.78 is 13.9. The Morgan fingerprint density at radius 1 is 1.00 bits per heavy atom. The van der Waals surface area contributed by atoms with Crippen molar-refractivity contribution in [1.82, 2.24) is 15.0 Å². The minimum Gasteiger partial charge on any atom is -0.342 e. The highest BCUT2D eigenvalue weighted by Crippen LogP contribution is 2.21. The molecule has 0 saturated carbocycles. The molecule has 152 valence electrons. The van der Waals surface area contributed by atoms with Crippen molar-refractivity contribution in [2.24, 2.45) is 0 Å². The van der Waals surface area contributed by atoms with Gasteiger partial charge >= 0.3 is 0 Å². The second kappa shape index (κ2) is 7.53. The summed E-state index contributed by atoms with van der Waals surface area (Å²) in [5.74, 6) is 0.0251. The Hall–Kier alpha value is -4.26. The van der Waals surface area contributed by atoms with Gasteiger partial charge in [0.15, 0.2) is 0 Å². The Balaban J connectivity index is 1.42. The Labute approximate surface area is 175 Å². The highest BCUT2D eigenvalue weighted by Gasteiger charge is 2.13. The van der Waals surface area contributed by atoms with E-state index in [1.807, 2.05) is 0 Å². The maximum absolute atomic E-state index is 13.9. The molecular weight excluding hydrogens is 395 g/mol. The largest absolute Gasteiger partial charge is 0.342 e. The first-order valence-electron chi connectivity index (χ1n) is 9.72. The summed E-state index contributed by atoms with van der Waals surface area (Å²) in [6.45, 7) is 0. The van der Waals surface area contributed by atoms with Crippen LogP contribution in [0.2, 0.25) is 0 Å². The number of carbonyl (C=O) groups is 1. The number of nitrogens with one attached hydrogen (secondary N) is 3. The number of nitrogens with zero attached hydrogens (tertiary/aromatic N) is 1. The first-order valence-corrected chi connectivity index (χ1v) is 9.72. The van der Waals surface area contributed by atoms with Crippen LogP contribution in [0.15, 0.2) is 77.7 Å². The molecule has 0 aliphatic carbocycles. The van der Waals surface area contributed by atoms with E-state index in [2.05, 4.69) is 20.3 Å². The van der Waals surface area contributed by atoms with Crippen molar-refractivity contribution < 1.29 is 9.18 Å². The van der Waals surface area contributed by atoms with Crippen molar-refractivity contribution in [2.45, 2.75) is 6.42 Å². The first kappa shape index (κ1) is 18.7. The summed E-state index contributed by atoms with van der Waals surface area (Å²) in [6.07, 6.45) is 1.76. The highest BCUT2D eigenvalue weighted by atomic mass is 19.1. The fraction of sp³-hybridized carbons (Fsp3) is 0.0417. The maximum atomic E-state index is 13.9. The van der Waals surface area contributed by atoms with Crippen molar-refractivity contribution in [3.8, 4) is 0 Å². The van der Waals surface area contributed by atoms with Crippen LogP contribution in [-0.2, 0) is 6.42 Å². The fourth-order valence-electron chi connectivity index (χ4n) is 3.64. The van der Waals surface area contributed by atoms with Gasteiger partial charge in [0.2, 0.25) is 0 Å². The van der Waals surface area contributed by atoms with Crippen molar-refractivity contribution in [3.05, 3.63) is 106 Å². The van der Waals surface area contributed by atoms with Crippen LogP contribution in [0.3, 0.4) is 0 Å². The Morgan fingerprint density at radius 3 is 2.61 bits per heavy atom. The SMILES string of the molecule is O=C(Nc1ccc2nc(Cc3ccccc3F)[nH]c2c1)c1c[nH]c(=O)c2ccccc12. The number of H-pyrrole nitrogens is 2. The van der Waals surface area contributed by atoms with Gasteiger partial charge in [0, 0.05) is 29.1 Å². The number of aromatic nitrogens is 3. The molecule has 5 aromatic rings. The summed E-state index contributed by atoms with van der Waals surface area (Å²) in [4.78, 5) is 35.1. The molecule has 0 aliphatic heterocycles. The van der Waals surface area contributed by atoms with Crippen LogP contribution < -0.4 is 10.9 Å². The summed E-state index contributed by atoms with van der Waals surface area (Å²) in [6, 6.07) is 18.9. The molecule has 0 atom stereocenters. The van der Waals surface area contributed by atoms with Gasteiger partial charge in [0.1, 0.15) is 11.6 Å². The lowest BCUT2D eigenvalue weighted by Gasteiger charge is -2.08. The third-order valence-corrected chi connectivity index (χ3v) is 5.16. The predicted molar refractivity (Wildman–Crippen MR) is 118 cm³/mol. The second-order valence-electron chi connectivity index (χ2n) is 7.21. The van der Waals surface area contributed by atoms with Crippen molar-refractivity contribution in [3.63, 3.8) is 0 Å². The van der Waals surface area contributed by atoms with Gasteiger partial charge in [-0.25, -0.2) is 9.37 Å². The molecule has 3 N–H and O–H groups in total. The Bertz CT molecular complexity index is 1500. The van der Waals surface area contributed by atoms with E-state index in [4.69, 9.17) is 0 Å². The molecule has 0 fully saturated rings. The van der Waals surface area contributed by atoms with Crippen molar-refractivity contribution in [2.75, 3.05) is 5.32 Å². The number of pyridine rings is 1. The number of amides is 1. The van der Waals surface area contributed by atoms with Gasteiger partial charge in [-0.3, -0.25) is 9.59 Å². The summed E-state index contributed by atoms with van der Waals surface area (Å²) in [5, 5.41) is 3.90. The van der Waals surface area contributed by atoms with Crippen LogP contribution in [0.1, 0.15) is 21.7 Å². The lowest BCUT2D eigenvalue weighted by molar-refractivity contribution is 0.102. The number of benzene rings is 3. The molecule has 3 aromatic carbocycles. The molecule has 0 radical (unpaired) electrons.